The van der Waals surface area contributed by atoms with Crippen molar-refractivity contribution in [2.45, 2.75) is 27.7 Å². The van der Waals surface area contributed by atoms with Crippen LogP contribution in [0.1, 0.15) is 37.4 Å². The van der Waals surface area contributed by atoms with Crippen LogP contribution in [0.15, 0.2) is 18.2 Å². The lowest BCUT2D eigenvalue weighted by Crippen LogP contribution is -2.33. The van der Waals surface area contributed by atoms with Gasteiger partial charge in [0.25, 0.3) is 5.91 Å². The number of nitrogen functional groups attached to an aromatic ring is 1. The number of hydrogen-bond donors (Lipinski definition) is 2. The zero-order chi connectivity index (χ0) is 15.8. The quantitative estimate of drug-likeness (QED) is 0.870. The van der Waals surface area contributed by atoms with Gasteiger partial charge in [-0.05, 0) is 29.5 Å². The fourth-order valence-corrected chi connectivity index (χ4v) is 3.08. The molecule has 114 valence electrons. The largest absolute Gasteiger partial charge is 0.397 e. The fourth-order valence-electron chi connectivity index (χ4n) is 1.89. The van der Waals surface area contributed by atoms with Crippen molar-refractivity contribution in [1.29, 1.82) is 0 Å². The molecule has 3 nitrogen and oxygen atoms in total. The second kappa shape index (κ2) is 5.85. The number of amides is 1. The Morgan fingerprint density at radius 3 is 2.71 bits per heavy atom. The van der Waals surface area contributed by atoms with Crippen LogP contribution in [0.4, 0.5) is 5.69 Å². The number of carbonyl (C=O) groups excluding carboxylic acids is 1. The van der Waals surface area contributed by atoms with E-state index in [0.717, 1.165) is 10.1 Å². The average molecular weight is 325 g/mol. The molecule has 0 saturated carbocycles. The van der Waals surface area contributed by atoms with Crippen LogP contribution in [0.25, 0.3) is 10.1 Å². The summed E-state index contributed by atoms with van der Waals surface area (Å²) in [4.78, 5) is 12.9. The molecule has 1 atom stereocenters. The van der Waals surface area contributed by atoms with Gasteiger partial charge in [-0.25, -0.2) is 0 Å². The molecule has 0 saturated heterocycles. The summed E-state index contributed by atoms with van der Waals surface area (Å²) in [5.74, 6) is 0.271. The molecule has 1 aromatic carbocycles. The molecule has 5 heteroatoms. The van der Waals surface area contributed by atoms with Gasteiger partial charge in [-0.1, -0.05) is 39.3 Å². The summed E-state index contributed by atoms with van der Waals surface area (Å²) in [5, 5.41) is 4.45. The normalized spacial score (nSPS) is 13.4. The molecule has 1 unspecified atom stereocenters. The van der Waals surface area contributed by atoms with Crippen molar-refractivity contribution >= 4 is 44.6 Å². The first-order valence-electron chi connectivity index (χ1n) is 6.96. The number of rotatable bonds is 3. The van der Waals surface area contributed by atoms with Gasteiger partial charge < -0.3 is 11.1 Å². The third-order valence-electron chi connectivity index (χ3n) is 3.94. The smallest absolute Gasteiger partial charge is 0.263 e. The Morgan fingerprint density at radius 1 is 1.43 bits per heavy atom. The van der Waals surface area contributed by atoms with E-state index < -0.39 is 0 Å². The molecule has 1 aromatic heterocycles. The number of fused-ring (bicyclic) bond motifs is 1. The van der Waals surface area contributed by atoms with Crippen molar-refractivity contribution < 1.29 is 4.79 Å². The Bertz CT molecular complexity index is 673. The van der Waals surface area contributed by atoms with Crippen LogP contribution < -0.4 is 11.1 Å². The Labute approximate surface area is 134 Å². The molecule has 0 aliphatic rings. The highest BCUT2D eigenvalue weighted by Crippen LogP contribution is 2.35. The molecule has 21 heavy (non-hydrogen) atoms. The number of thiophene rings is 1. The van der Waals surface area contributed by atoms with E-state index in [0.29, 0.717) is 28.0 Å². The highest BCUT2D eigenvalue weighted by Gasteiger charge is 2.22. The minimum absolute atomic E-state index is 0.110. The minimum atomic E-state index is -0.110. The van der Waals surface area contributed by atoms with Crippen LogP contribution in [0.5, 0.6) is 0 Å². The maximum absolute atomic E-state index is 12.3. The molecule has 0 aliphatic carbocycles. The SMILES string of the molecule is CC(CNC(=O)c1sc2ccc(Cl)cc2c1N)C(C)(C)C. The van der Waals surface area contributed by atoms with Crippen LogP contribution >= 0.6 is 22.9 Å². The van der Waals surface area contributed by atoms with E-state index in [4.69, 9.17) is 17.3 Å². The van der Waals surface area contributed by atoms with Crippen molar-refractivity contribution in [2.75, 3.05) is 12.3 Å². The number of benzene rings is 1. The number of carbonyl (C=O) groups is 1. The zero-order valence-electron chi connectivity index (χ0n) is 12.8. The van der Waals surface area contributed by atoms with Crippen molar-refractivity contribution in [3.8, 4) is 0 Å². The van der Waals surface area contributed by atoms with Crippen molar-refractivity contribution in [1.82, 2.24) is 5.32 Å². The molecule has 2 aromatic rings. The standard InChI is InChI=1S/C16H21ClN2OS/c1-9(16(2,3)4)8-19-15(20)14-13(18)11-7-10(17)5-6-12(11)21-14/h5-7,9H,8,18H2,1-4H3,(H,19,20). The third-order valence-corrected chi connectivity index (χ3v) is 5.36. The molecule has 0 aliphatic heterocycles. The number of nitrogens with two attached hydrogens (primary N) is 1. The van der Waals surface area contributed by atoms with Gasteiger partial charge in [0, 0.05) is 21.7 Å². The van der Waals surface area contributed by atoms with E-state index in [2.05, 4.69) is 33.0 Å². The number of nitrogens with one attached hydrogen (secondary N) is 1. The first kappa shape index (κ1) is 16.1. The molecular formula is C16H21ClN2OS. The van der Waals surface area contributed by atoms with E-state index >= 15 is 0 Å². The Balaban J connectivity index is 2.18. The van der Waals surface area contributed by atoms with Crippen LogP contribution in [0, 0.1) is 11.3 Å². The Hall–Kier alpha value is -1.26. The average Bonchev–Trinajstić information content (AvgIpc) is 2.72. The summed E-state index contributed by atoms with van der Waals surface area (Å²) >= 11 is 7.39. The summed E-state index contributed by atoms with van der Waals surface area (Å²) in [7, 11) is 0. The van der Waals surface area contributed by atoms with E-state index in [1.165, 1.54) is 11.3 Å². The lowest BCUT2D eigenvalue weighted by Gasteiger charge is -2.27. The second-order valence-corrected chi connectivity index (χ2v) is 7.95. The second-order valence-electron chi connectivity index (χ2n) is 6.46. The van der Waals surface area contributed by atoms with E-state index in [9.17, 15) is 4.79 Å². The van der Waals surface area contributed by atoms with E-state index in [1.807, 2.05) is 12.1 Å². The molecule has 2 rings (SSSR count). The highest BCUT2D eigenvalue weighted by atomic mass is 35.5. The summed E-state index contributed by atoms with van der Waals surface area (Å²) in [6, 6.07) is 5.51. The number of hydrogen-bond acceptors (Lipinski definition) is 3. The fraction of sp³-hybridized carbons (Fsp3) is 0.438. The maximum Gasteiger partial charge on any atom is 0.263 e. The highest BCUT2D eigenvalue weighted by molar-refractivity contribution is 7.21. The van der Waals surface area contributed by atoms with Crippen LogP contribution in [-0.4, -0.2) is 12.5 Å². The summed E-state index contributed by atoms with van der Waals surface area (Å²) in [5.41, 5.74) is 6.76. The van der Waals surface area contributed by atoms with Gasteiger partial charge in [0.15, 0.2) is 0 Å². The lowest BCUT2D eigenvalue weighted by molar-refractivity contribution is 0.0942. The molecule has 0 radical (unpaired) electrons. The molecule has 3 N–H and O–H groups in total. The van der Waals surface area contributed by atoms with E-state index in [-0.39, 0.29) is 11.3 Å². The predicted octanol–water partition coefficient (Wildman–Crippen LogP) is 4.55. The van der Waals surface area contributed by atoms with Gasteiger partial charge in [-0.15, -0.1) is 11.3 Å². The maximum atomic E-state index is 12.3. The van der Waals surface area contributed by atoms with Gasteiger partial charge in [0.05, 0.1) is 5.69 Å². The first-order chi connectivity index (χ1) is 9.70. The van der Waals surface area contributed by atoms with Crippen LogP contribution in [0.2, 0.25) is 5.02 Å². The molecular weight excluding hydrogens is 304 g/mol. The Morgan fingerprint density at radius 2 is 2.10 bits per heavy atom. The van der Waals surface area contributed by atoms with Gasteiger partial charge in [0.1, 0.15) is 4.88 Å². The summed E-state index contributed by atoms with van der Waals surface area (Å²) < 4.78 is 0.978. The molecule has 1 amide bonds. The summed E-state index contributed by atoms with van der Waals surface area (Å²) in [6.07, 6.45) is 0. The Kier molecular flexibility index (Phi) is 4.49. The van der Waals surface area contributed by atoms with Gasteiger partial charge >= 0.3 is 0 Å². The topological polar surface area (TPSA) is 55.1 Å². The van der Waals surface area contributed by atoms with Crippen LogP contribution in [0.3, 0.4) is 0 Å². The van der Waals surface area contributed by atoms with Crippen LogP contribution in [-0.2, 0) is 0 Å². The lowest BCUT2D eigenvalue weighted by atomic mass is 9.82. The van der Waals surface area contributed by atoms with Crippen molar-refractivity contribution in [3.63, 3.8) is 0 Å². The van der Waals surface area contributed by atoms with Crippen molar-refractivity contribution in [3.05, 3.63) is 28.1 Å². The predicted molar refractivity (Wildman–Crippen MR) is 92.2 cm³/mol. The zero-order valence-corrected chi connectivity index (χ0v) is 14.4. The number of anilines is 1. The number of halogens is 1. The molecule has 0 fully saturated rings. The molecule has 1 heterocycles. The molecule has 0 spiro atoms. The van der Waals surface area contributed by atoms with Gasteiger partial charge in [-0.2, -0.15) is 0 Å². The van der Waals surface area contributed by atoms with Gasteiger partial charge in [0.2, 0.25) is 0 Å². The third kappa shape index (κ3) is 3.50. The first-order valence-corrected chi connectivity index (χ1v) is 8.15. The minimum Gasteiger partial charge on any atom is -0.397 e. The monoisotopic (exact) mass is 324 g/mol. The molecule has 0 bridgehead atoms. The van der Waals surface area contributed by atoms with Crippen molar-refractivity contribution in [2.24, 2.45) is 11.3 Å². The van der Waals surface area contributed by atoms with Gasteiger partial charge in [-0.3, -0.25) is 4.79 Å². The summed E-state index contributed by atoms with van der Waals surface area (Å²) in [6.45, 7) is 9.27. The van der Waals surface area contributed by atoms with E-state index in [1.54, 1.807) is 6.07 Å².